The van der Waals surface area contributed by atoms with Crippen LogP contribution in [-0.4, -0.2) is 129 Å². The normalized spacial score (nSPS) is 19.8. The number of benzene rings is 1. The number of alkyl halides is 3. The number of hydrogen-bond acceptors (Lipinski definition) is 11. The molecule has 4 aliphatic rings. The number of fused-ring (bicyclic) bond motifs is 1. The van der Waals surface area contributed by atoms with Crippen molar-refractivity contribution >= 4 is 41.6 Å². The Morgan fingerprint density at radius 1 is 1.10 bits per heavy atom. The first-order valence-electron chi connectivity index (χ1n) is 17.2. The number of anilines is 2. The highest BCUT2D eigenvalue weighted by Crippen LogP contribution is 2.43. The van der Waals surface area contributed by atoms with E-state index >= 15 is 0 Å². The fourth-order valence-corrected chi connectivity index (χ4v) is 6.94. The highest BCUT2D eigenvalue weighted by atomic mass is 35.5. The highest BCUT2D eigenvalue weighted by Gasteiger charge is 2.38. The van der Waals surface area contributed by atoms with Crippen LogP contribution in [0.1, 0.15) is 36.6 Å². The van der Waals surface area contributed by atoms with E-state index in [-0.39, 0.29) is 35.2 Å². The Kier molecular flexibility index (Phi) is 15.5. The van der Waals surface area contributed by atoms with E-state index in [1.165, 1.54) is 19.1 Å². The molecule has 280 valence electrons. The van der Waals surface area contributed by atoms with E-state index in [1.54, 1.807) is 29.4 Å². The van der Waals surface area contributed by atoms with Gasteiger partial charge in [-0.2, -0.15) is 41.0 Å². The quantitative estimate of drug-likeness (QED) is 0.299. The molecule has 0 bridgehead atoms. The van der Waals surface area contributed by atoms with Crippen molar-refractivity contribution in [1.29, 1.82) is 5.26 Å². The predicted octanol–water partition coefficient (Wildman–Crippen LogP) is 4.80. The zero-order valence-electron chi connectivity index (χ0n) is 29.5. The number of likely N-dealkylation sites (tertiary alicyclic amines) is 1. The number of aromatic nitrogens is 2. The van der Waals surface area contributed by atoms with Crippen molar-refractivity contribution in [3.63, 3.8) is 0 Å². The molecular formula is C35H48ClF3N8O3S. The summed E-state index contributed by atoms with van der Waals surface area (Å²) in [6.07, 6.45) is 3.26. The number of likely N-dealkylation sites (N-methyl/N-ethyl adjacent to an activating group) is 1. The van der Waals surface area contributed by atoms with Crippen LogP contribution in [0, 0.1) is 11.3 Å². The molecule has 3 saturated heterocycles. The molecule has 1 amide bonds. The van der Waals surface area contributed by atoms with Gasteiger partial charge in [0, 0.05) is 77.0 Å². The number of rotatable bonds is 8. The lowest BCUT2D eigenvalue weighted by Gasteiger charge is -2.38. The number of ether oxygens (including phenoxy) is 2. The Bertz CT molecular complexity index is 1510. The van der Waals surface area contributed by atoms with Crippen LogP contribution in [0.3, 0.4) is 0 Å². The summed E-state index contributed by atoms with van der Waals surface area (Å²) in [5, 5.41) is 6.99. The summed E-state index contributed by atoms with van der Waals surface area (Å²) >= 11 is 9.58. The van der Waals surface area contributed by atoms with Gasteiger partial charge in [0.1, 0.15) is 12.4 Å². The largest absolute Gasteiger partial charge is 0.462 e. The van der Waals surface area contributed by atoms with Crippen LogP contribution >= 0.6 is 24.2 Å². The maximum atomic E-state index is 14.0. The molecule has 0 saturated carbocycles. The van der Waals surface area contributed by atoms with E-state index in [1.807, 2.05) is 11.0 Å². The molecule has 0 N–H and O–H groups in total. The first kappa shape index (κ1) is 40.5. The number of nitriles is 1. The van der Waals surface area contributed by atoms with Gasteiger partial charge in [0.05, 0.1) is 47.8 Å². The Morgan fingerprint density at radius 2 is 1.80 bits per heavy atom. The number of halogens is 4. The molecule has 0 unspecified atom stereocenters. The number of piperazine rings is 1. The molecule has 0 spiro atoms. The molecule has 0 aliphatic carbocycles. The number of carbonyl (C=O) groups excluding carboxylic acids is 1. The summed E-state index contributed by atoms with van der Waals surface area (Å²) in [4.78, 5) is 32.7. The number of amides is 1. The molecule has 0 radical (unpaired) electrons. The van der Waals surface area contributed by atoms with Crippen LogP contribution in [0.15, 0.2) is 30.4 Å². The minimum atomic E-state index is -4.60. The number of hydrogen-bond donors (Lipinski definition) is 1. The van der Waals surface area contributed by atoms with Gasteiger partial charge in [-0.25, -0.2) is 0 Å². The number of morpholine rings is 1. The molecule has 11 nitrogen and oxygen atoms in total. The molecule has 51 heavy (non-hydrogen) atoms. The smallest absolute Gasteiger partial charge is 0.419 e. The lowest BCUT2D eigenvalue weighted by atomic mass is 10.0. The van der Waals surface area contributed by atoms with Gasteiger partial charge in [-0.1, -0.05) is 23.7 Å². The Labute approximate surface area is 309 Å². The predicted molar refractivity (Wildman–Crippen MR) is 196 cm³/mol. The van der Waals surface area contributed by atoms with E-state index in [9.17, 15) is 18.0 Å². The summed E-state index contributed by atoms with van der Waals surface area (Å²) < 4.78 is 53.7. The van der Waals surface area contributed by atoms with Crippen LogP contribution in [-0.2, 0) is 28.7 Å². The molecule has 16 heteroatoms. The van der Waals surface area contributed by atoms with Crippen molar-refractivity contribution in [2.24, 2.45) is 0 Å². The number of carbonyl (C=O) groups is 1. The second kappa shape index (κ2) is 19.5. The molecule has 6 rings (SSSR count). The molecule has 1 aromatic carbocycles. The van der Waals surface area contributed by atoms with Gasteiger partial charge in [-0.05, 0) is 51.2 Å². The summed E-state index contributed by atoms with van der Waals surface area (Å²) in [6, 6.07) is 6.50. The van der Waals surface area contributed by atoms with Crippen molar-refractivity contribution in [2.75, 3.05) is 102 Å². The fraction of sp³-hybridized carbons (Fsp3) is 0.600. The maximum Gasteiger partial charge on any atom is 0.419 e. The van der Waals surface area contributed by atoms with Crippen molar-refractivity contribution in [2.45, 2.75) is 44.9 Å². The van der Waals surface area contributed by atoms with Crippen molar-refractivity contribution in [1.82, 2.24) is 24.7 Å². The van der Waals surface area contributed by atoms with Crippen molar-refractivity contribution < 1.29 is 27.4 Å². The van der Waals surface area contributed by atoms with Crippen LogP contribution < -0.4 is 14.5 Å². The van der Waals surface area contributed by atoms with Crippen molar-refractivity contribution in [3.05, 3.63) is 52.2 Å². The number of thiol groups is 1. The maximum absolute atomic E-state index is 14.0. The summed E-state index contributed by atoms with van der Waals surface area (Å²) in [5.41, 5.74) is 0.746. The second-order valence-corrected chi connectivity index (χ2v) is 12.9. The molecular weight excluding hydrogens is 705 g/mol. The SMILES string of the molecule is CC#N.CN1CCC[C@H]1COc1nc2c(c(N3CCN(C(=O)/C=C/CN4CCOCC4)CC3)n1)CCN(c1cccc(Cl)c1C(F)(F)F)C2.CS. The molecule has 4 aliphatic heterocycles. The van der Waals surface area contributed by atoms with Gasteiger partial charge < -0.3 is 29.1 Å². The third-order valence-electron chi connectivity index (χ3n) is 9.33. The van der Waals surface area contributed by atoms with Gasteiger partial charge in [0.15, 0.2) is 0 Å². The van der Waals surface area contributed by atoms with Gasteiger partial charge in [0.2, 0.25) is 5.91 Å². The van der Waals surface area contributed by atoms with Crippen LogP contribution in [0.25, 0.3) is 0 Å². The minimum absolute atomic E-state index is 0.0139. The van der Waals surface area contributed by atoms with Crippen molar-refractivity contribution in [3.8, 4) is 12.1 Å². The average Bonchev–Trinajstić information content (AvgIpc) is 3.55. The zero-order valence-corrected chi connectivity index (χ0v) is 31.2. The van der Waals surface area contributed by atoms with Crippen LogP contribution in [0.5, 0.6) is 6.01 Å². The molecule has 1 aromatic heterocycles. The lowest BCUT2D eigenvalue weighted by molar-refractivity contribution is -0.137. The van der Waals surface area contributed by atoms with E-state index < -0.39 is 11.7 Å². The summed E-state index contributed by atoms with van der Waals surface area (Å²) in [6.45, 7) is 9.50. The Hall–Kier alpha value is -3.29. The Balaban J connectivity index is 0.00000111. The van der Waals surface area contributed by atoms with Crippen LogP contribution in [0.2, 0.25) is 5.02 Å². The number of nitrogens with zero attached hydrogens (tertiary/aromatic N) is 8. The first-order chi connectivity index (χ1) is 24.6. The minimum Gasteiger partial charge on any atom is -0.462 e. The summed E-state index contributed by atoms with van der Waals surface area (Å²) in [7, 11) is 2.07. The molecule has 3 fully saturated rings. The second-order valence-electron chi connectivity index (χ2n) is 12.5. The van der Waals surface area contributed by atoms with Crippen LogP contribution in [0.4, 0.5) is 24.7 Å². The van der Waals surface area contributed by atoms with E-state index in [2.05, 4.69) is 34.4 Å². The monoisotopic (exact) mass is 752 g/mol. The third-order valence-corrected chi connectivity index (χ3v) is 9.65. The van der Waals surface area contributed by atoms with E-state index in [4.69, 9.17) is 36.3 Å². The van der Waals surface area contributed by atoms with Gasteiger partial charge in [0.25, 0.3) is 0 Å². The molecule has 1 atom stereocenters. The topological polar surface area (TPSA) is 101 Å². The lowest BCUT2D eigenvalue weighted by Crippen LogP contribution is -2.49. The van der Waals surface area contributed by atoms with E-state index in [0.29, 0.717) is 64.7 Å². The first-order valence-corrected chi connectivity index (χ1v) is 18.5. The van der Waals surface area contributed by atoms with Gasteiger partial charge >= 0.3 is 12.2 Å². The standard InChI is InChI=1S/C32H41ClF3N7O3.C2H3N.CH4S/c1-39-10-3-5-23(39)22-46-31-37-26-21-43(27-7-2-6-25(33)29(27)32(34,35)36)12-9-24(26)30(38-31)42-15-13-41(14-16-42)28(44)8-4-11-40-17-19-45-20-18-40;1-2-3;1-2/h2,4,6-8,23H,3,5,9-22H2,1H3;1H3;2H,1H3/b8-4+;;/t23-;;/m0../s1. The van der Waals surface area contributed by atoms with E-state index in [0.717, 1.165) is 50.4 Å². The Morgan fingerprint density at radius 3 is 2.45 bits per heavy atom. The molecule has 5 heterocycles. The van der Waals surface area contributed by atoms with Gasteiger partial charge in [-0.3, -0.25) is 9.69 Å². The average molecular weight is 753 g/mol. The third kappa shape index (κ3) is 10.9. The van der Waals surface area contributed by atoms with Gasteiger partial charge in [-0.15, -0.1) is 0 Å². The zero-order chi connectivity index (χ0) is 37.0. The summed E-state index contributed by atoms with van der Waals surface area (Å²) in [5.74, 6) is 0.719. The molecule has 2 aromatic rings. The fourth-order valence-electron chi connectivity index (χ4n) is 6.67. The highest BCUT2D eigenvalue weighted by molar-refractivity contribution is 7.79.